The maximum Gasteiger partial charge on any atom is 0.272 e. The first-order valence-corrected chi connectivity index (χ1v) is 6.84. The molecule has 0 aromatic carbocycles. The lowest BCUT2D eigenvalue weighted by atomic mass is 10.1. The van der Waals surface area contributed by atoms with E-state index in [2.05, 4.69) is 25.7 Å². The fourth-order valence-electron chi connectivity index (χ4n) is 3.08. The molecule has 19 heavy (non-hydrogen) atoms. The van der Waals surface area contributed by atoms with Crippen molar-refractivity contribution in [3.8, 4) is 0 Å². The zero-order chi connectivity index (χ0) is 13.2. The third-order valence-electron chi connectivity index (χ3n) is 4.08. The second kappa shape index (κ2) is 5.13. The second-order valence-electron chi connectivity index (χ2n) is 5.17. The number of hydrogen-bond donors (Lipinski definition) is 2. The van der Waals surface area contributed by atoms with Crippen LogP contribution < -0.4 is 10.6 Å². The summed E-state index contributed by atoms with van der Waals surface area (Å²) in [6.07, 6.45) is 3.47. The Morgan fingerprint density at radius 1 is 1.32 bits per heavy atom. The van der Waals surface area contributed by atoms with Gasteiger partial charge >= 0.3 is 0 Å². The summed E-state index contributed by atoms with van der Waals surface area (Å²) >= 11 is 0. The van der Waals surface area contributed by atoms with E-state index in [1.54, 1.807) is 19.2 Å². The van der Waals surface area contributed by atoms with Crippen LogP contribution in [0.4, 0.5) is 5.82 Å². The number of rotatable bonds is 3. The van der Waals surface area contributed by atoms with Gasteiger partial charge in [-0.25, -0.2) is 0 Å². The lowest BCUT2D eigenvalue weighted by Crippen LogP contribution is -2.42. The molecule has 2 unspecified atom stereocenters. The van der Waals surface area contributed by atoms with Crippen LogP contribution in [-0.4, -0.2) is 53.2 Å². The molecule has 102 valence electrons. The first kappa shape index (κ1) is 12.3. The van der Waals surface area contributed by atoms with Crippen LogP contribution in [0.2, 0.25) is 0 Å². The van der Waals surface area contributed by atoms with Crippen LogP contribution in [-0.2, 0) is 0 Å². The Morgan fingerprint density at radius 2 is 2.21 bits per heavy atom. The highest BCUT2D eigenvalue weighted by atomic mass is 16.2. The van der Waals surface area contributed by atoms with Crippen LogP contribution in [0.5, 0.6) is 0 Å². The number of anilines is 1. The standard InChI is InChI=1S/C13H19N5O/c1-14-12-5-4-10(16-17-12)13(19)15-9-6-8-18-7-2-3-11(9)18/h4-5,9,11H,2-3,6-8H2,1H3,(H,14,17)(H,15,19). The summed E-state index contributed by atoms with van der Waals surface area (Å²) in [5, 5.41) is 13.9. The predicted octanol–water partition coefficient (Wildman–Crippen LogP) is 0.485. The molecule has 2 fully saturated rings. The number of aromatic nitrogens is 2. The number of nitrogens with zero attached hydrogens (tertiary/aromatic N) is 3. The summed E-state index contributed by atoms with van der Waals surface area (Å²) in [7, 11) is 1.77. The molecule has 0 aliphatic carbocycles. The number of carbonyl (C=O) groups excluding carboxylic acids is 1. The maximum atomic E-state index is 12.1. The summed E-state index contributed by atoms with van der Waals surface area (Å²) in [6.45, 7) is 2.27. The van der Waals surface area contributed by atoms with E-state index in [-0.39, 0.29) is 11.9 Å². The molecule has 2 aliphatic rings. The van der Waals surface area contributed by atoms with E-state index >= 15 is 0 Å². The SMILES string of the molecule is CNc1ccc(C(=O)NC2CCN3CCCC23)nn1. The van der Waals surface area contributed by atoms with Crippen molar-refractivity contribution in [3.63, 3.8) is 0 Å². The molecule has 1 aromatic rings. The van der Waals surface area contributed by atoms with Crippen LogP contribution >= 0.6 is 0 Å². The normalized spacial score (nSPS) is 26.2. The van der Waals surface area contributed by atoms with Crippen molar-refractivity contribution >= 4 is 11.7 Å². The quantitative estimate of drug-likeness (QED) is 0.828. The number of carbonyl (C=O) groups is 1. The summed E-state index contributed by atoms with van der Waals surface area (Å²) in [5.41, 5.74) is 0.385. The van der Waals surface area contributed by atoms with E-state index in [0.29, 0.717) is 17.6 Å². The Morgan fingerprint density at radius 3 is 2.95 bits per heavy atom. The van der Waals surface area contributed by atoms with Gasteiger partial charge in [-0.1, -0.05) is 0 Å². The van der Waals surface area contributed by atoms with Crippen LogP contribution in [0.1, 0.15) is 29.8 Å². The molecular formula is C13H19N5O. The molecule has 1 amide bonds. The van der Waals surface area contributed by atoms with Crippen molar-refractivity contribution in [1.29, 1.82) is 0 Å². The van der Waals surface area contributed by atoms with Crippen LogP contribution in [0, 0.1) is 0 Å². The highest BCUT2D eigenvalue weighted by molar-refractivity contribution is 5.92. The van der Waals surface area contributed by atoms with Gasteiger partial charge in [0.15, 0.2) is 5.69 Å². The number of amides is 1. The minimum Gasteiger partial charge on any atom is -0.372 e. The van der Waals surface area contributed by atoms with Gasteiger partial charge in [-0.05, 0) is 37.9 Å². The fraction of sp³-hybridized carbons (Fsp3) is 0.615. The van der Waals surface area contributed by atoms with Gasteiger partial charge in [-0.3, -0.25) is 9.69 Å². The number of hydrogen-bond acceptors (Lipinski definition) is 5. The van der Waals surface area contributed by atoms with Gasteiger partial charge in [0.1, 0.15) is 5.82 Å². The van der Waals surface area contributed by atoms with Crippen LogP contribution in [0.25, 0.3) is 0 Å². The van der Waals surface area contributed by atoms with Crippen molar-refractivity contribution < 1.29 is 4.79 Å². The van der Waals surface area contributed by atoms with Crippen molar-refractivity contribution in [2.24, 2.45) is 0 Å². The van der Waals surface area contributed by atoms with Gasteiger partial charge in [0.2, 0.25) is 0 Å². The molecule has 0 saturated carbocycles. The van der Waals surface area contributed by atoms with Gasteiger partial charge < -0.3 is 10.6 Å². The van der Waals surface area contributed by atoms with E-state index in [9.17, 15) is 4.79 Å². The van der Waals surface area contributed by atoms with E-state index in [1.165, 1.54) is 19.4 Å². The third-order valence-corrected chi connectivity index (χ3v) is 4.08. The van der Waals surface area contributed by atoms with Gasteiger partial charge in [0.05, 0.1) is 0 Å². The molecule has 6 heteroatoms. The van der Waals surface area contributed by atoms with Crippen molar-refractivity contribution in [2.45, 2.75) is 31.3 Å². The zero-order valence-electron chi connectivity index (χ0n) is 11.1. The van der Waals surface area contributed by atoms with Crippen LogP contribution in [0.3, 0.4) is 0 Å². The molecule has 3 rings (SSSR count). The Balaban J connectivity index is 1.64. The lowest BCUT2D eigenvalue weighted by molar-refractivity contribution is 0.0923. The van der Waals surface area contributed by atoms with Gasteiger partial charge in [-0.15, -0.1) is 10.2 Å². The molecule has 2 saturated heterocycles. The fourth-order valence-corrected chi connectivity index (χ4v) is 3.08. The van der Waals surface area contributed by atoms with E-state index in [0.717, 1.165) is 13.0 Å². The van der Waals surface area contributed by atoms with Crippen LogP contribution in [0.15, 0.2) is 12.1 Å². The average molecular weight is 261 g/mol. The maximum absolute atomic E-state index is 12.1. The molecule has 2 atom stereocenters. The zero-order valence-corrected chi connectivity index (χ0v) is 11.1. The van der Waals surface area contributed by atoms with E-state index in [1.807, 2.05) is 0 Å². The lowest BCUT2D eigenvalue weighted by Gasteiger charge is -2.20. The highest BCUT2D eigenvalue weighted by Gasteiger charge is 2.37. The van der Waals surface area contributed by atoms with E-state index in [4.69, 9.17) is 0 Å². The number of nitrogens with one attached hydrogen (secondary N) is 2. The Bertz CT molecular complexity index is 461. The van der Waals surface area contributed by atoms with Crippen molar-refractivity contribution in [1.82, 2.24) is 20.4 Å². The third kappa shape index (κ3) is 2.40. The smallest absolute Gasteiger partial charge is 0.272 e. The molecule has 0 spiro atoms. The predicted molar refractivity (Wildman–Crippen MR) is 72.0 cm³/mol. The Kier molecular flexibility index (Phi) is 3.33. The molecule has 2 N–H and O–H groups in total. The molecule has 0 radical (unpaired) electrons. The summed E-state index contributed by atoms with van der Waals surface area (Å²) < 4.78 is 0. The minimum atomic E-state index is -0.117. The Labute approximate surface area is 112 Å². The Hall–Kier alpha value is -1.69. The van der Waals surface area contributed by atoms with Crippen molar-refractivity contribution in [2.75, 3.05) is 25.5 Å². The van der Waals surface area contributed by atoms with Gasteiger partial charge in [-0.2, -0.15) is 0 Å². The highest BCUT2D eigenvalue weighted by Crippen LogP contribution is 2.27. The molecule has 0 bridgehead atoms. The summed E-state index contributed by atoms with van der Waals surface area (Å²) in [4.78, 5) is 14.6. The summed E-state index contributed by atoms with van der Waals surface area (Å²) in [5.74, 6) is 0.549. The molecule has 6 nitrogen and oxygen atoms in total. The molecule has 1 aromatic heterocycles. The summed E-state index contributed by atoms with van der Waals surface area (Å²) in [6, 6.07) is 4.25. The van der Waals surface area contributed by atoms with Crippen molar-refractivity contribution in [3.05, 3.63) is 17.8 Å². The van der Waals surface area contributed by atoms with Gasteiger partial charge in [0.25, 0.3) is 5.91 Å². The second-order valence-corrected chi connectivity index (χ2v) is 5.17. The molecule has 3 heterocycles. The molecular weight excluding hydrogens is 242 g/mol. The first-order valence-electron chi connectivity index (χ1n) is 6.84. The molecule has 2 aliphatic heterocycles. The van der Waals surface area contributed by atoms with E-state index < -0.39 is 0 Å². The first-order chi connectivity index (χ1) is 9.28. The average Bonchev–Trinajstić information content (AvgIpc) is 3.04. The van der Waals surface area contributed by atoms with Gasteiger partial charge in [0, 0.05) is 25.7 Å². The number of fused-ring (bicyclic) bond motifs is 1. The minimum absolute atomic E-state index is 0.117. The largest absolute Gasteiger partial charge is 0.372 e. The topological polar surface area (TPSA) is 70.2 Å². The monoisotopic (exact) mass is 261 g/mol.